The number of piperidine rings is 1. The van der Waals surface area contributed by atoms with Gasteiger partial charge in [0.15, 0.2) is 5.13 Å². The van der Waals surface area contributed by atoms with Crippen LogP contribution in [0.15, 0.2) is 24.5 Å². The number of amides is 1. The second kappa shape index (κ2) is 8.19. The average Bonchev–Trinajstić information content (AvgIpc) is 3.02. The quantitative estimate of drug-likeness (QED) is 0.857. The number of nitrogens with zero attached hydrogens (tertiary/aromatic N) is 3. The molecule has 1 N–H and O–H groups in total. The monoisotopic (exact) mass is 358 g/mol. The first-order chi connectivity index (χ1) is 12.1. The largest absolute Gasteiger partial charge is 0.302 e. The molecule has 2 aromatic heterocycles. The minimum Gasteiger partial charge on any atom is -0.302 e. The van der Waals surface area contributed by atoms with Crippen molar-refractivity contribution in [1.82, 2.24) is 14.9 Å². The van der Waals surface area contributed by atoms with E-state index in [9.17, 15) is 9.18 Å². The summed E-state index contributed by atoms with van der Waals surface area (Å²) in [5, 5.41) is 3.36. The number of anilines is 1. The summed E-state index contributed by atoms with van der Waals surface area (Å²) < 4.78 is 12.8. The smallest absolute Gasteiger partial charge is 0.223 e. The molecule has 0 bridgehead atoms. The van der Waals surface area contributed by atoms with E-state index in [-0.39, 0.29) is 11.7 Å². The van der Waals surface area contributed by atoms with Gasteiger partial charge in [0.2, 0.25) is 5.91 Å². The summed E-state index contributed by atoms with van der Waals surface area (Å²) in [5.74, 6) is 6.18. The number of aromatic nitrogens is 2. The van der Waals surface area contributed by atoms with E-state index < -0.39 is 0 Å². The van der Waals surface area contributed by atoms with E-state index in [0.29, 0.717) is 16.7 Å². The summed E-state index contributed by atoms with van der Waals surface area (Å²) in [6.45, 7) is 4.28. The molecular weight excluding hydrogens is 339 g/mol. The summed E-state index contributed by atoms with van der Waals surface area (Å²) in [6.07, 6.45) is 5.02. The zero-order valence-corrected chi connectivity index (χ0v) is 14.8. The summed E-state index contributed by atoms with van der Waals surface area (Å²) in [7, 11) is 0. The third kappa shape index (κ3) is 5.34. The molecule has 0 saturated carbocycles. The molecule has 0 aromatic carbocycles. The van der Waals surface area contributed by atoms with Gasteiger partial charge in [-0.25, -0.2) is 14.4 Å². The number of carbonyl (C=O) groups excluding carboxylic acids is 1. The number of rotatable bonds is 3. The first-order valence-electron chi connectivity index (χ1n) is 8.16. The molecule has 7 heteroatoms. The Morgan fingerprint density at radius 3 is 2.84 bits per heavy atom. The number of likely N-dealkylation sites (tertiary alicyclic amines) is 1. The topological polar surface area (TPSA) is 58.1 Å². The Bertz CT molecular complexity index is 785. The molecule has 0 aliphatic carbocycles. The highest BCUT2D eigenvalue weighted by molar-refractivity contribution is 7.15. The van der Waals surface area contributed by atoms with E-state index in [1.165, 1.54) is 30.5 Å². The molecule has 25 heavy (non-hydrogen) atoms. The van der Waals surface area contributed by atoms with Crippen LogP contribution in [0.5, 0.6) is 0 Å². The van der Waals surface area contributed by atoms with E-state index in [2.05, 4.69) is 32.0 Å². The zero-order valence-electron chi connectivity index (χ0n) is 14.0. The van der Waals surface area contributed by atoms with E-state index >= 15 is 0 Å². The van der Waals surface area contributed by atoms with Gasteiger partial charge in [0, 0.05) is 30.5 Å². The van der Waals surface area contributed by atoms with E-state index in [1.807, 2.05) is 6.20 Å². The Balaban J connectivity index is 1.48. The van der Waals surface area contributed by atoms with Crippen LogP contribution in [0, 0.1) is 23.6 Å². The average molecular weight is 358 g/mol. The van der Waals surface area contributed by atoms with Crippen molar-refractivity contribution < 1.29 is 9.18 Å². The van der Waals surface area contributed by atoms with Gasteiger partial charge in [0.05, 0.1) is 6.20 Å². The predicted molar refractivity (Wildman–Crippen MR) is 95.5 cm³/mol. The third-order valence-corrected chi connectivity index (χ3v) is 4.83. The predicted octanol–water partition coefficient (Wildman–Crippen LogP) is 2.90. The molecule has 0 spiro atoms. The van der Waals surface area contributed by atoms with Gasteiger partial charge in [-0.05, 0) is 44.0 Å². The van der Waals surface area contributed by atoms with Crippen molar-refractivity contribution in [3.8, 4) is 11.8 Å². The number of hydrogen-bond donors (Lipinski definition) is 1. The maximum Gasteiger partial charge on any atom is 0.223 e. The first-order valence-corrected chi connectivity index (χ1v) is 8.98. The van der Waals surface area contributed by atoms with Crippen LogP contribution in [-0.2, 0) is 11.3 Å². The van der Waals surface area contributed by atoms with Crippen LogP contribution in [-0.4, -0.2) is 33.9 Å². The number of halogens is 1. The number of carbonyl (C=O) groups is 1. The Morgan fingerprint density at radius 2 is 2.16 bits per heavy atom. The Kier molecular flexibility index (Phi) is 5.74. The Labute approximate surface area is 150 Å². The molecule has 1 saturated heterocycles. The highest BCUT2D eigenvalue weighted by atomic mass is 32.1. The zero-order chi connectivity index (χ0) is 17.6. The third-order valence-electron chi connectivity index (χ3n) is 3.94. The molecule has 5 nitrogen and oxygen atoms in total. The molecule has 0 unspecified atom stereocenters. The lowest BCUT2D eigenvalue weighted by Crippen LogP contribution is -2.32. The van der Waals surface area contributed by atoms with E-state index in [1.54, 1.807) is 6.07 Å². The van der Waals surface area contributed by atoms with Gasteiger partial charge in [0.25, 0.3) is 0 Å². The molecular formula is C18H19FN4OS. The van der Waals surface area contributed by atoms with E-state index in [4.69, 9.17) is 0 Å². The van der Waals surface area contributed by atoms with Gasteiger partial charge in [-0.3, -0.25) is 9.69 Å². The lowest BCUT2D eigenvalue weighted by Gasteiger charge is -2.29. The van der Waals surface area contributed by atoms with Gasteiger partial charge < -0.3 is 5.32 Å². The van der Waals surface area contributed by atoms with Gasteiger partial charge in [-0.1, -0.05) is 5.92 Å². The maximum absolute atomic E-state index is 12.8. The minimum atomic E-state index is -0.344. The molecule has 0 atom stereocenters. The number of hydrogen-bond acceptors (Lipinski definition) is 5. The fraction of sp³-hybridized carbons (Fsp3) is 0.389. The van der Waals surface area contributed by atoms with Gasteiger partial charge in [-0.15, -0.1) is 11.3 Å². The van der Waals surface area contributed by atoms with Crippen LogP contribution < -0.4 is 5.32 Å². The fourth-order valence-electron chi connectivity index (χ4n) is 2.67. The number of thiazole rings is 1. The normalized spacial score (nSPS) is 15.4. The van der Waals surface area contributed by atoms with Crippen molar-refractivity contribution in [2.45, 2.75) is 26.3 Å². The van der Waals surface area contributed by atoms with Crippen LogP contribution in [0.2, 0.25) is 0 Å². The van der Waals surface area contributed by atoms with Crippen molar-refractivity contribution in [2.24, 2.45) is 5.92 Å². The summed E-state index contributed by atoms with van der Waals surface area (Å²) in [6, 6.07) is 2.98. The molecule has 3 heterocycles. The Hall–Kier alpha value is -2.30. The molecule has 1 amide bonds. The minimum absolute atomic E-state index is 0.101. The second-order valence-corrected chi connectivity index (χ2v) is 7.11. The van der Waals surface area contributed by atoms with Gasteiger partial charge in [0.1, 0.15) is 11.5 Å². The molecule has 1 fully saturated rings. The lowest BCUT2D eigenvalue weighted by atomic mass is 9.97. The van der Waals surface area contributed by atoms with Crippen LogP contribution in [0.25, 0.3) is 0 Å². The van der Waals surface area contributed by atoms with Crippen LogP contribution in [0.4, 0.5) is 9.52 Å². The lowest BCUT2D eigenvalue weighted by molar-refractivity contribution is -0.114. The molecule has 130 valence electrons. The molecule has 2 aromatic rings. The molecule has 3 rings (SSSR count). The van der Waals surface area contributed by atoms with Gasteiger partial charge >= 0.3 is 0 Å². The SMILES string of the molecule is CC(=O)Nc1ncc(CN2CCC(C#Cc3ccc(F)cn3)CC2)s1. The molecule has 1 aliphatic rings. The summed E-state index contributed by atoms with van der Waals surface area (Å²) in [5.41, 5.74) is 0.610. The van der Waals surface area contributed by atoms with Crippen LogP contribution >= 0.6 is 11.3 Å². The van der Waals surface area contributed by atoms with Crippen molar-refractivity contribution in [3.63, 3.8) is 0 Å². The van der Waals surface area contributed by atoms with Crippen molar-refractivity contribution >= 4 is 22.4 Å². The first kappa shape index (κ1) is 17.5. The maximum atomic E-state index is 12.8. The standard InChI is InChI=1S/C18H19FN4OS/c1-13(24)22-18-21-11-17(25-18)12-23-8-6-14(7-9-23)2-4-16-5-3-15(19)10-20-16/h3,5,10-11,14H,6-9,12H2,1H3,(H,21,22,24). The molecule has 1 aliphatic heterocycles. The number of pyridine rings is 1. The second-order valence-electron chi connectivity index (χ2n) is 5.99. The van der Waals surface area contributed by atoms with Gasteiger partial charge in [-0.2, -0.15) is 0 Å². The van der Waals surface area contributed by atoms with Crippen molar-refractivity contribution in [1.29, 1.82) is 0 Å². The molecule has 0 radical (unpaired) electrons. The summed E-state index contributed by atoms with van der Waals surface area (Å²) >= 11 is 1.51. The Morgan fingerprint density at radius 1 is 1.36 bits per heavy atom. The summed E-state index contributed by atoms with van der Waals surface area (Å²) in [4.78, 5) is 22.7. The highest BCUT2D eigenvalue weighted by Crippen LogP contribution is 2.23. The van der Waals surface area contributed by atoms with Crippen molar-refractivity contribution in [2.75, 3.05) is 18.4 Å². The fourth-order valence-corrected chi connectivity index (χ4v) is 3.57. The highest BCUT2D eigenvalue weighted by Gasteiger charge is 2.18. The van der Waals surface area contributed by atoms with E-state index in [0.717, 1.165) is 37.4 Å². The number of nitrogens with one attached hydrogen (secondary N) is 1. The van der Waals surface area contributed by atoms with Crippen molar-refractivity contribution in [3.05, 3.63) is 40.9 Å². The van der Waals surface area contributed by atoms with Crippen LogP contribution in [0.1, 0.15) is 30.3 Å². The van der Waals surface area contributed by atoms with Crippen LogP contribution in [0.3, 0.4) is 0 Å².